The highest BCUT2D eigenvalue weighted by Crippen LogP contribution is 2.29. The number of ether oxygens (including phenoxy) is 1. The molecule has 0 aromatic heterocycles. The molecule has 1 aliphatic heterocycles. The van der Waals surface area contributed by atoms with Crippen LogP contribution in [0.25, 0.3) is 0 Å². The van der Waals surface area contributed by atoms with E-state index in [0.717, 1.165) is 17.2 Å². The fourth-order valence-electron chi connectivity index (χ4n) is 2.76. The van der Waals surface area contributed by atoms with Gasteiger partial charge in [-0.1, -0.05) is 24.3 Å². The van der Waals surface area contributed by atoms with Crippen molar-refractivity contribution in [2.75, 3.05) is 31.7 Å². The van der Waals surface area contributed by atoms with Gasteiger partial charge in [-0.15, -0.1) is 0 Å². The van der Waals surface area contributed by atoms with Crippen LogP contribution in [0.15, 0.2) is 52.5 Å². The summed E-state index contributed by atoms with van der Waals surface area (Å²) < 4.78 is 32.5. The molecule has 0 aliphatic carbocycles. The third-order valence-electron chi connectivity index (χ3n) is 4.34. The second kappa shape index (κ2) is 8.46. The molecule has 1 saturated heterocycles. The first-order valence-corrected chi connectivity index (χ1v) is 10.0. The summed E-state index contributed by atoms with van der Waals surface area (Å²) in [6, 6.07) is 11.2. The van der Waals surface area contributed by atoms with Crippen molar-refractivity contribution in [2.24, 2.45) is 5.10 Å². The van der Waals surface area contributed by atoms with Gasteiger partial charge in [0.25, 0.3) is 5.69 Å². The molecular weight excluding hydrogens is 384 g/mol. The van der Waals surface area contributed by atoms with Gasteiger partial charge in [0.05, 0.1) is 30.0 Å². The van der Waals surface area contributed by atoms with E-state index in [2.05, 4.69) is 10.5 Å². The first-order chi connectivity index (χ1) is 13.4. The van der Waals surface area contributed by atoms with Crippen LogP contribution in [0.3, 0.4) is 0 Å². The zero-order valence-corrected chi connectivity index (χ0v) is 16.1. The molecule has 148 valence electrons. The molecule has 2 aromatic rings. The van der Waals surface area contributed by atoms with Crippen LogP contribution in [-0.4, -0.2) is 50.2 Å². The highest BCUT2D eigenvalue weighted by molar-refractivity contribution is 7.89. The Balaban J connectivity index is 1.94. The van der Waals surface area contributed by atoms with Crippen LogP contribution < -0.4 is 5.43 Å². The average molecular weight is 404 g/mol. The van der Waals surface area contributed by atoms with Crippen LogP contribution in [0.5, 0.6) is 0 Å². The Kier molecular flexibility index (Phi) is 6.02. The normalized spacial score (nSPS) is 15.6. The van der Waals surface area contributed by atoms with Crippen molar-refractivity contribution in [1.82, 2.24) is 4.31 Å². The Morgan fingerprint density at radius 3 is 2.61 bits per heavy atom. The predicted molar refractivity (Wildman–Crippen MR) is 105 cm³/mol. The molecule has 1 fully saturated rings. The number of hydrazone groups is 1. The summed E-state index contributed by atoms with van der Waals surface area (Å²) >= 11 is 0. The number of sulfonamides is 1. The lowest BCUT2D eigenvalue weighted by atomic mass is 10.1. The van der Waals surface area contributed by atoms with Gasteiger partial charge in [0.2, 0.25) is 10.0 Å². The lowest BCUT2D eigenvalue weighted by Crippen LogP contribution is -2.40. The van der Waals surface area contributed by atoms with Gasteiger partial charge < -0.3 is 4.74 Å². The maximum Gasteiger partial charge on any atom is 0.270 e. The number of nitro groups is 1. The number of hydrogen-bond acceptors (Lipinski definition) is 7. The molecule has 2 aromatic carbocycles. The molecule has 0 saturated carbocycles. The molecule has 0 atom stereocenters. The Bertz CT molecular complexity index is 1000. The Morgan fingerprint density at radius 1 is 1.21 bits per heavy atom. The highest BCUT2D eigenvalue weighted by Gasteiger charge is 2.30. The molecule has 9 nitrogen and oxygen atoms in total. The summed E-state index contributed by atoms with van der Waals surface area (Å²) in [6.45, 7) is 2.88. The van der Waals surface area contributed by atoms with Crippen molar-refractivity contribution < 1.29 is 18.1 Å². The number of nitro benzene ring substituents is 1. The highest BCUT2D eigenvalue weighted by atomic mass is 32.2. The van der Waals surface area contributed by atoms with E-state index in [1.807, 2.05) is 31.2 Å². The van der Waals surface area contributed by atoms with E-state index in [1.165, 1.54) is 16.4 Å². The van der Waals surface area contributed by atoms with E-state index in [0.29, 0.717) is 0 Å². The largest absolute Gasteiger partial charge is 0.379 e. The number of aryl methyl sites for hydroxylation is 1. The summed E-state index contributed by atoms with van der Waals surface area (Å²) in [5, 5.41) is 15.2. The lowest BCUT2D eigenvalue weighted by Gasteiger charge is -2.26. The molecule has 0 unspecified atom stereocenters. The maximum absolute atomic E-state index is 13.0. The number of rotatable bonds is 6. The second-order valence-corrected chi connectivity index (χ2v) is 8.09. The van der Waals surface area contributed by atoms with E-state index in [9.17, 15) is 18.5 Å². The Morgan fingerprint density at radius 2 is 1.93 bits per heavy atom. The smallest absolute Gasteiger partial charge is 0.270 e. The number of anilines is 1. The third-order valence-corrected chi connectivity index (χ3v) is 6.28. The number of morpholine rings is 1. The van der Waals surface area contributed by atoms with E-state index in [4.69, 9.17) is 4.74 Å². The maximum atomic E-state index is 13.0. The molecule has 0 amide bonds. The van der Waals surface area contributed by atoms with E-state index in [-0.39, 0.29) is 42.6 Å². The molecule has 3 rings (SSSR count). The Labute approximate surface area is 162 Å². The minimum Gasteiger partial charge on any atom is -0.379 e. The lowest BCUT2D eigenvalue weighted by molar-refractivity contribution is -0.385. The van der Waals surface area contributed by atoms with Crippen LogP contribution in [0.4, 0.5) is 11.4 Å². The fourth-order valence-corrected chi connectivity index (χ4v) is 4.33. The molecule has 28 heavy (non-hydrogen) atoms. The van der Waals surface area contributed by atoms with Crippen LogP contribution in [-0.2, 0) is 14.8 Å². The SMILES string of the molecule is Cc1ccccc1/C=N\Nc1ccc([N+](=O)[O-])cc1S(=O)(=O)N1CCOCC1. The van der Waals surface area contributed by atoms with E-state index in [1.54, 1.807) is 6.21 Å². The molecule has 10 heteroatoms. The van der Waals surface area contributed by atoms with Gasteiger partial charge in [-0.3, -0.25) is 15.5 Å². The average Bonchev–Trinajstić information content (AvgIpc) is 2.70. The number of hydrogen-bond donors (Lipinski definition) is 1. The monoisotopic (exact) mass is 404 g/mol. The van der Waals surface area contributed by atoms with E-state index < -0.39 is 14.9 Å². The van der Waals surface area contributed by atoms with Gasteiger partial charge in [0, 0.05) is 25.2 Å². The fraction of sp³-hybridized carbons (Fsp3) is 0.278. The summed E-state index contributed by atoms with van der Waals surface area (Å²) in [7, 11) is -3.94. The van der Waals surface area contributed by atoms with Gasteiger partial charge in [-0.2, -0.15) is 9.41 Å². The predicted octanol–water partition coefficient (Wildman–Crippen LogP) is 2.37. The second-order valence-electron chi connectivity index (χ2n) is 6.18. The van der Waals surface area contributed by atoms with Gasteiger partial charge >= 0.3 is 0 Å². The molecule has 0 bridgehead atoms. The number of benzene rings is 2. The van der Waals surface area contributed by atoms with Crippen molar-refractivity contribution >= 4 is 27.6 Å². The van der Waals surface area contributed by atoms with Crippen molar-refractivity contribution in [3.05, 3.63) is 63.7 Å². The van der Waals surface area contributed by atoms with Gasteiger partial charge in [0.15, 0.2) is 0 Å². The number of nitrogens with one attached hydrogen (secondary N) is 1. The molecule has 0 radical (unpaired) electrons. The standard InChI is InChI=1S/C18H20N4O5S/c1-14-4-2-3-5-15(14)13-19-20-17-7-6-16(22(23)24)12-18(17)28(25,26)21-8-10-27-11-9-21/h2-7,12-13,20H,8-11H2,1H3/b19-13-. The van der Waals surface area contributed by atoms with E-state index >= 15 is 0 Å². The van der Waals surface area contributed by atoms with Crippen molar-refractivity contribution in [3.63, 3.8) is 0 Å². The Hall–Kier alpha value is -2.82. The molecule has 1 aliphatic rings. The molecule has 1 heterocycles. The first kappa shape index (κ1) is 19.9. The molecule has 0 spiro atoms. The van der Waals surface area contributed by atoms with Gasteiger partial charge in [-0.25, -0.2) is 8.42 Å². The topological polar surface area (TPSA) is 114 Å². The number of nitrogens with zero attached hydrogens (tertiary/aromatic N) is 3. The van der Waals surface area contributed by atoms with Crippen LogP contribution in [0.1, 0.15) is 11.1 Å². The first-order valence-electron chi connectivity index (χ1n) is 8.60. The zero-order valence-electron chi connectivity index (χ0n) is 15.2. The summed E-state index contributed by atoms with van der Waals surface area (Å²) in [4.78, 5) is 10.3. The third kappa shape index (κ3) is 4.35. The zero-order chi connectivity index (χ0) is 20.1. The summed E-state index contributed by atoms with van der Waals surface area (Å²) in [5.74, 6) is 0. The van der Waals surface area contributed by atoms with Gasteiger partial charge in [0.1, 0.15) is 4.90 Å². The van der Waals surface area contributed by atoms with Crippen LogP contribution >= 0.6 is 0 Å². The molecule has 1 N–H and O–H groups in total. The van der Waals surface area contributed by atoms with Crippen LogP contribution in [0.2, 0.25) is 0 Å². The quantitative estimate of drug-likeness (QED) is 0.449. The number of non-ortho nitro benzene ring substituents is 1. The van der Waals surface area contributed by atoms with Gasteiger partial charge in [-0.05, 0) is 24.1 Å². The molecular formula is C18H20N4O5S. The summed E-state index contributed by atoms with van der Waals surface area (Å²) in [5.41, 5.74) is 4.46. The van der Waals surface area contributed by atoms with Crippen molar-refractivity contribution in [2.45, 2.75) is 11.8 Å². The van der Waals surface area contributed by atoms with Crippen molar-refractivity contribution in [3.8, 4) is 0 Å². The minimum atomic E-state index is -3.94. The summed E-state index contributed by atoms with van der Waals surface area (Å²) in [6.07, 6.45) is 1.57. The minimum absolute atomic E-state index is 0.168. The van der Waals surface area contributed by atoms with Crippen LogP contribution in [0, 0.1) is 17.0 Å². The van der Waals surface area contributed by atoms with Crippen molar-refractivity contribution in [1.29, 1.82) is 0 Å².